The van der Waals surface area contributed by atoms with Crippen LogP contribution in [0.4, 0.5) is 13.2 Å². The highest BCUT2D eigenvalue weighted by Crippen LogP contribution is 2.24. The van der Waals surface area contributed by atoms with Gasteiger partial charge >= 0.3 is 6.36 Å². The molecule has 2 rings (SSSR count). The van der Waals surface area contributed by atoms with E-state index in [1.807, 2.05) is 17.6 Å². The Hall–Kier alpha value is -1.82. The molecule has 0 aliphatic heterocycles. The third-order valence-corrected chi connectivity index (χ3v) is 2.94. The SMILES string of the molecule is Cc1cc(Cl)cn1CCOc1ccc(OC(F)(F)F)cc1. The number of hydrogen-bond acceptors (Lipinski definition) is 2. The second-order valence-electron chi connectivity index (χ2n) is 4.36. The molecule has 1 heterocycles. The van der Waals surface area contributed by atoms with Crippen LogP contribution in [0, 0.1) is 6.92 Å². The second kappa shape index (κ2) is 6.30. The molecule has 0 radical (unpaired) electrons. The zero-order chi connectivity index (χ0) is 15.5. The van der Waals surface area contributed by atoms with E-state index in [9.17, 15) is 13.2 Å². The molecule has 0 spiro atoms. The summed E-state index contributed by atoms with van der Waals surface area (Å²) < 4.78 is 47.2. The van der Waals surface area contributed by atoms with Crippen molar-refractivity contribution in [1.29, 1.82) is 0 Å². The Labute approximate surface area is 124 Å². The lowest BCUT2D eigenvalue weighted by atomic mass is 10.3. The van der Waals surface area contributed by atoms with Gasteiger partial charge in [0.15, 0.2) is 0 Å². The van der Waals surface area contributed by atoms with Gasteiger partial charge in [-0.05, 0) is 37.3 Å². The Kier molecular flexibility index (Phi) is 4.67. The van der Waals surface area contributed by atoms with E-state index in [-0.39, 0.29) is 5.75 Å². The predicted octanol–water partition coefficient (Wildman–Crippen LogP) is 4.43. The minimum atomic E-state index is -4.69. The largest absolute Gasteiger partial charge is 0.573 e. The Morgan fingerprint density at radius 3 is 2.29 bits per heavy atom. The van der Waals surface area contributed by atoms with Gasteiger partial charge in [-0.25, -0.2) is 0 Å². The van der Waals surface area contributed by atoms with Crippen LogP contribution in [0.1, 0.15) is 5.69 Å². The molecule has 7 heteroatoms. The van der Waals surface area contributed by atoms with Gasteiger partial charge in [0, 0.05) is 11.9 Å². The first-order chi connectivity index (χ1) is 9.83. The van der Waals surface area contributed by atoms with Crippen molar-refractivity contribution in [1.82, 2.24) is 4.57 Å². The quantitative estimate of drug-likeness (QED) is 0.814. The maximum absolute atomic E-state index is 12.0. The van der Waals surface area contributed by atoms with Crippen LogP contribution in [0.25, 0.3) is 0 Å². The molecule has 0 unspecified atom stereocenters. The number of aryl methyl sites for hydroxylation is 1. The first kappa shape index (κ1) is 15.6. The number of rotatable bonds is 5. The number of benzene rings is 1. The monoisotopic (exact) mass is 319 g/mol. The maximum atomic E-state index is 12.0. The van der Waals surface area contributed by atoms with Crippen LogP contribution in [-0.2, 0) is 6.54 Å². The van der Waals surface area contributed by atoms with Crippen LogP contribution in [0.2, 0.25) is 5.02 Å². The number of hydrogen-bond donors (Lipinski definition) is 0. The highest BCUT2D eigenvalue weighted by molar-refractivity contribution is 6.30. The minimum Gasteiger partial charge on any atom is -0.492 e. The van der Waals surface area contributed by atoms with Crippen molar-refractivity contribution in [3.05, 3.63) is 47.2 Å². The van der Waals surface area contributed by atoms with Gasteiger partial charge in [-0.15, -0.1) is 13.2 Å². The lowest BCUT2D eigenvalue weighted by molar-refractivity contribution is -0.274. The molecule has 3 nitrogen and oxygen atoms in total. The topological polar surface area (TPSA) is 23.4 Å². The maximum Gasteiger partial charge on any atom is 0.573 e. The van der Waals surface area contributed by atoms with Gasteiger partial charge in [0.1, 0.15) is 18.1 Å². The molecular weight excluding hydrogens is 307 g/mol. The van der Waals surface area contributed by atoms with Crippen LogP contribution in [0.5, 0.6) is 11.5 Å². The number of halogens is 4. The molecule has 0 saturated carbocycles. The molecule has 2 aromatic rings. The summed E-state index contributed by atoms with van der Waals surface area (Å²) in [5, 5.41) is 0.654. The molecule has 0 atom stereocenters. The molecule has 1 aromatic heterocycles. The van der Waals surface area contributed by atoms with Crippen LogP contribution < -0.4 is 9.47 Å². The third-order valence-electron chi connectivity index (χ3n) is 2.74. The van der Waals surface area contributed by atoms with Crippen molar-refractivity contribution < 1.29 is 22.6 Å². The standard InChI is InChI=1S/C14H13ClF3NO2/c1-10-8-11(15)9-19(10)6-7-20-12-2-4-13(5-3-12)21-14(16,17)18/h2-5,8-9H,6-7H2,1H3. The van der Waals surface area contributed by atoms with E-state index < -0.39 is 6.36 Å². The number of nitrogens with zero attached hydrogens (tertiary/aromatic N) is 1. The van der Waals surface area contributed by atoms with E-state index in [1.165, 1.54) is 24.3 Å². The van der Waals surface area contributed by atoms with Crippen LogP contribution in [-0.4, -0.2) is 17.5 Å². The molecule has 0 aliphatic rings. The first-order valence-electron chi connectivity index (χ1n) is 6.14. The van der Waals surface area contributed by atoms with Gasteiger partial charge in [0.05, 0.1) is 11.6 Å². The highest BCUT2D eigenvalue weighted by Gasteiger charge is 2.30. The van der Waals surface area contributed by atoms with Gasteiger partial charge in [-0.1, -0.05) is 11.6 Å². The number of aromatic nitrogens is 1. The molecule has 0 bridgehead atoms. The number of alkyl halides is 3. The van der Waals surface area contributed by atoms with E-state index >= 15 is 0 Å². The normalized spacial score (nSPS) is 11.5. The summed E-state index contributed by atoms with van der Waals surface area (Å²) in [5.74, 6) is 0.198. The van der Waals surface area contributed by atoms with E-state index in [2.05, 4.69) is 4.74 Å². The van der Waals surface area contributed by atoms with Gasteiger partial charge < -0.3 is 14.0 Å². The second-order valence-corrected chi connectivity index (χ2v) is 4.80. The van der Waals surface area contributed by atoms with Crippen molar-refractivity contribution in [3.63, 3.8) is 0 Å². The summed E-state index contributed by atoms with van der Waals surface area (Å²) in [6, 6.07) is 7.11. The lowest BCUT2D eigenvalue weighted by Crippen LogP contribution is -2.17. The molecule has 0 amide bonds. The Balaban J connectivity index is 1.85. The average Bonchev–Trinajstić information content (AvgIpc) is 2.68. The molecule has 0 N–H and O–H groups in total. The Morgan fingerprint density at radius 1 is 1.14 bits per heavy atom. The fraction of sp³-hybridized carbons (Fsp3) is 0.286. The highest BCUT2D eigenvalue weighted by atomic mass is 35.5. The molecule has 21 heavy (non-hydrogen) atoms. The third kappa shape index (κ3) is 4.90. The summed E-state index contributed by atoms with van der Waals surface area (Å²) in [6.07, 6.45) is -2.89. The summed E-state index contributed by atoms with van der Waals surface area (Å²) in [5.41, 5.74) is 1.01. The van der Waals surface area contributed by atoms with Gasteiger partial charge in [-0.3, -0.25) is 0 Å². The molecule has 0 saturated heterocycles. The zero-order valence-electron chi connectivity index (χ0n) is 11.2. The van der Waals surface area contributed by atoms with E-state index in [1.54, 1.807) is 6.20 Å². The van der Waals surface area contributed by atoms with E-state index in [0.717, 1.165) is 5.69 Å². The zero-order valence-corrected chi connectivity index (χ0v) is 11.9. The molecule has 1 aromatic carbocycles. The van der Waals surface area contributed by atoms with Gasteiger partial charge in [0.25, 0.3) is 0 Å². The summed E-state index contributed by atoms with van der Waals surface area (Å²) in [7, 11) is 0. The van der Waals surface area contributed by atoms with E-state index in [0.29, 0.717) is 23.9 Å². The van der Waals surface area contributed by atoms with Crippen LogP contribution in [0.15, 0.2) is 36.5 Å². The van der Waals surface area contributed by atoms with Crippen molar-refractivity contribution in [2.45, 2.75) is 19.8 Å². The average molecular weight is 320 g/mol. The Morgan fingerprint density at radius 2 is 1.76 bits per heavy atom. The summed E-state index contributed by atoms with van der Waals surface area (Å²) in [6.45, 7) is 2.90. The fourth-order valence-corrected chi connectivity index (χ4v) is 2.09. The summed E-state index contributed by atoms with van der Waals surface area (Å²) in [4.78, 5) is 0. The summed E-state index contributed by atoms with van der Waals surface area (Å²) >= 11 is 5.86. The Bertz CT molecular complexity index is 593. The molecule has 0 fully saturated rings. The van der Waals surface area contributed by atoms with Crippen molar-refractivity contribution in [2.75, 3.05) is 6.61 Å². The van der Waals surface area contributed by atoms with E-state index in [4.69, 9.17) is 16.3 Å². The van der Waals surface area contributed by atoms with Crippen molar-refractivity contribution >= 4 is 11.6 Å². The molecule has 114 valence electrons. The lowest BCUT2D eigenvalue weighted by Gasteiger charge is -2.11. The fourth-order valence-electron chi connectivity index (χ4n) is 1.81. The first-order valence-corrected chi connectivity index (χ1v) is 6.52. The van der Waals surface area contributed by atoms with Gasteiger partial charge in [0.2, 0.25) is 0 Å². The predicted molar refractivity (Wildman–Crippen MR) is 72.8 cm³/mol. The van der Waals surface area contributed by atoms with Gasteiger partial charge in [-0.2, -0.15) is 0 Å². The minimum absolute atomic E-state index is 0.275. The van der Waals surface area contributed by atoms with Crippen LogP contribution >= 0.6 is 11.6 Å². The van der Waals surface area contributed by atoms with Crippen molar-refractivity contribution in [3.8, 4) is 11.5 Å². The smallest absolute Gasteiger partial charge is 0.492 e. The van der Waals surface area contributed by atoms with Crippen molar-refractivity contribution in [2.24, 2.45) is 0 Å². The van der Waals surface area contributed by atoms with Crippen LogP contribution in [0.3, 0.4) is 0 Å². The molecule has 0 aliphatic carbocycles. The molecular formula is C14H13ClF3NO2. The number of ether oxygens (including phenoxy) is 2.